The number of nitrogens with zero attached hydrogens (tertiary/aromatic N) is 6. The van der Waals surface area contributed by atoms with Crippen molar-refractivity contribution in [3.63, 3.8) is 0 Å². The molecule has 8 nitrogen and oxygen atoms in total. The van der Waals surface area contributed by atoms with E-state index in [2.05, 4.69) is 21.2 Å². The molecule has 8 heteroatoms. The standard InChI is InChI=1S/C23H20N6O2/c30-21-10-16(19-5-1-2-6-24-19)9-20-17-8-15(12-29(20)21)11-28(13-17)23(31)18-4-3-7-27-14-25-26-22(18)27/h1-7,9-10,14-15,17H,8,11-13H2/t15-,17+/m0/s1. The van der Waals surface area contributed by atoms with Crippen molar-refractivity contribution in [1.82, 2.24) is 29.0 Å². The first-order valence-electron chi connectivity index (χ1n) is 10.4. The van der Waals surface area contributed by atoms with Gasteiger partial charge in [0, 0.05) is 55.3 Å². The van der Waals surface area contributed by atoms with Gasteiger partial charge in [-0.2, -0.15) is 0 Å². The van der Waals surface area contributed by atoms with E-state index >= 15 is 0 Å². The van der Waals surface area contributed by atoms with Crippen LogP contribution in [0.4, 0.5) is 0 Å². The van der Waals surface area contributed by atoms with E-state index in [4.69, 9.17) is 0 Å². The van der Waals surface area contributed by atoms with Crippen LogP contribution in [0, 0.1) is 5.92 Å². The fraction of sp³-hybridized carbons (Fsp3) is 0.261. The Bertz CT molecular complexity index is 1360. The molecule has 31 heavy (non-hydrogen) atoms. The maximum Gasteiger partial charge on any atom is 0.257 e. The van der Waals surface area contributed by atoms with E-state index in [0.717, 1.165) is 23.4 Å². The molecule has 0 spiro atoms. The van der Waals surface area contributed by atoms with Crippen molar-refractivity contribution in [2.75, 3.05) is 13.1 Å². The van der Waals surface area contributed by atoms with E-state index in [1.807, 2.05) is 39.9 Å². The molecule has 1 fully saturated rings. The Labute approximate surface area is 177 Å². The van der Waals surface area contributed by atoms with Gasteiger partial charge in [-0.1, -0.05) is 6.07 Å². The first-order chi connectivity index (χ1) is 15.2. The second-order valence-corrected chi connectivity index (χ2v) is 8.33. The van der Waals surface area contributed by atoms with Gasteiger partial charge in [0.15, 0.2) is 5.65 Å². The summed E-state index contributed by atoms with van der Waals surface area (Å²) in [6, 6.07) is 13.1. The minimum atomic E-state index is -0.0371. The van der Waals surface area contributed by atoms with Crippen molar-refractivity contribution in [2.24, 2.45) is 5.92 Å². The second-order valence-electron chi connectivity index (χ2n) is 8.33. The third-order valence-corrected chi connectivity index (χ3v) is 6.36. The van der Waals surface area contributed by atoms with E-state index in [0.29, 0.717) is 30.8 Å². The summed E-state index contributed by atoms with van der Waals surface area (Å²) in [7, 11) is 0. The average molecular weight is 412 g/mol. The van der Waals surface area contributed by atoms with Crippen LogP contribution in [0.3, 0.4) is 0 Å². The predicted octanol–water partition coefficient (Wildman–Crippen LogP) is 2.21. The fourth-order valence-electron chi connectivity index (χ4n) is 4.99. The Kier molecular flexibility index (Phi) is 3.99. The van der Waals surface area contributed by atoms with Crippen LogP contribution in [0.5, 0.6) is 0 Å². The summed E-state index contributed by atoms with van der Waals surface area (Å²) < 4.78 is 3.64. The van der Waals surface area contributed by atoms with E-state index in [1.54, 1.807) is 29.1 Å². The van der Waals surface area contributed by atoms with Crippen LogP contribution in [0.1, 0.15) is 28.4 Å². The largest absolute Gasteiger partial charge is 0.338 e. The molecule has 0 saturated carbocycles. The minimum absolute atomic E-state index is 0.000794. The lowest BCUT2D eigenvalue weighted by Gasteiger charge is -2.43. The number of piperidine rings is 1. The SMILES string of the molecule is O=C(c1cccn2cnnc12)N1C[C@@H]2C[C@H](C1)c1cc(-c3ccccn3)cc(=O)n1C2. The Morgan fingerprint density at radius 3 is 2.87 bits per heavy atom. The van der Waals surface area contributed by atoms with Crippen molar-refractivity contribution in [1.29, 1.82) is 0 Å². The van der Waals surface area contributed by atoms with Crippen molar-refractivity contribution < 1.29 is 4.79 Å². The van der Waals surface area contributed by atoms with Crippen molar-refractivity contribution in [3.05, 3.63) is 82.8 Å². The Morgan fingerprint density at radius 2 is 2.00 bits per heavy atom. The van der Waals surface area contributed by atoms with Crippen LogP contribution < -0.4 is 5.56 Å². The zero-order valence-electron chi connectivity index (χ0n) is 16.8. The normalized spacial score (nSPS) is 19.9. The highest BCUT2D eigenvalue weighted by Crippen LogP contribution is 2.37. The molecule has 2 bridgehead atoms. The topological polar surface area (TPSA) is 85.4 Å². The second kappa shape index (κ2) is 6.87. The summed E-state index contributed by atoms with van der Waals surface area (Å²) in [4.78, 5) is 32.6. The molecule has 0 radical (unpaired) electrons. The number of fused-ring (bicyclic) bond motifs is 5. The maximum absolute atomic E-state index is 13.4. The zero-order chi connectivity index (χ0) is 20.9. The lowest BCUT2D eigenvalue weighted by atomic mass is 9.82. The maximum atomic E-state index is 13.4. The molecule has 154 valence electrons. The quantitative estimate of drug-likeness (QED) is 0.504. The highest BCUT2D eigenvalue weighted by atomic mass is 16.2. The van der Waals surface area contributed by atoms with Crippen LogP contribution in [-0.4, -0.2) is 48.0 Å². The number of hydrogen-bond donors (Lipinski definition) is 0. The average Bonchev–Trinajstić information content (AvgIpc) is 3.29. The molecule has 1 saturated heterocycles. The molecule has 1 amide bonds. The lowest BCUT2D eigenvalue weighted by Crippen LogP contribution is -2.49. The van der Waals surface area contributed by atoms with Gasteiger partial charge in [0.1, 0.15) is 6.33 Å². The van der Waals surface area contributed by atoms with Crippen molar-refractivity contribution in [2.45, 2.75) is 18.9 Å². The van der Waals surface area contributed by atoms with Gasteiger partial charge in [0.25, 0.3) is 11.5 Å². The zero-order valence-corrected chi connectivity index (χ0v) is 16.8. The summed E-state index contributed by atoms with van der Waals surface area (Å²) in [6.07, 6.45) is 6.14. The smallest absolute Gasteiger partial charge is 0.257 e. The molecule has 2 aliphatic rings. The molecular weight excluding hydrogens is 392 g/mol. The monoisotopic (exact) mass is 412 g/mol. The van der Waals surface area contributed by atoms with E-state index in [1.165, 1.54) is 0 Å². The van der Waals surface area contributed by atoms with E-state index < -0.39 is 0 Å². The third kappa shape index (κ3) is 2.94. The number of carbonyl (C=O) groups excluding carboxylic acids is 1. The molecule has 6 rings (SSSR count). The molecule has 2 atom stereocenters. The van der Waals surface area contributed by atoms with Crippen LogP contribution in [-0.2, 0) is 6.54 Å². The number of pyridine rings is 3. The van der Waals surface area contributed by atoms with E-state index in [-0.39, 0.29) is 23.3 Å². The molecule has 4 aromatic rings. The highest BCUT2D eigenvalue weighted by molar-refractivity contribution is 5.99. The van der Waals surface area contributed by atoms with Gasteiger partial charge in [0.2, 0.25) is 0 Å². The van der Waals surface area contributed by atoms with Crippen LogP contribution in [0.25, 0.3) is 16.9 Å². The van der Waals surface area contributed by atoms with Gasteiger partial charge < -0.3 is 9.47 Å². The Balaban J connectivity index is 1.36. The van der Waals surface area contributed by atoms with Crippen LogP contribution >= 0.6 is 0 Å². The molecule has 0 N–H and O–H groups in total. The summed E-state index contributed by atoms with van der Waals surface area (Å²) in [5, 5.41) is 8.04. The van der Waals surface area contributed by atoms with Gasteiger partial charge in [-0.25, -0.2) is 0 Å². The van der Waals surface area contributed by atoms with Crippen LogP contribution in [0.15, 0.2) is 66.0 Å². The van der Waals surface area contributed by atoms with Gasteiger partial charge in [-0.3, -0.25) is 19.0 Å². The van der Waals surface area contributed by atoms with Gasteiger partial charge >= 0.3 is 0 Å². The minimum Gasteiger partial charge on any atom is -0.338 e. The number of amides is 1. The molecule has 6 heterocycles. The Morgan fingerprint density at radius 1 is 1.06 bits per heavy atom. The molecule has 0 unspecified atom stereocenters. The fourth-order valence-corrected chi connectivity index (χ4v) is 4.99. The van der Waals surface area contributed by atoms with Gasteiger partial charge in [-0.05, 0) is 42.7 Å². The third-order valence-electron chi connectivity index (χ3n) is 6.36. The molecular formula is C23H20N6O2. The number of carbonyl (C=O) groups is 1. The number of aromatic nitrogens is 5. The summed E-state index contributed by atoms with van der Waals surface area (Å²) >= 11 is 0. The molecule has 2 aliphatic heterocycles. The summed E-state index contributed by atoms with van der Waals surface area (Å²) in [5.41, 5.74) is 3.72. The van der Waals surface area contributed by atoms with Crippen molar-refractivity contribution >= 4 is 11.6 Å². The Hall–Kier alpha value is -3.81. The van der Waals surface area contributed by atoms with E-state index in [9.17, 15) is 9.59 Å². The lowest BCUT2D eigenvalue weighted by molar-refractivity contribution is 0.0596. The van der Waals surface area contributed by atoms with Gasteiger partial charge in [0.05, 0.1) is 11.3 Å². The highest BCUT2D eigenvalue weighted by Gasteiger charge is 2.37. The van der Waals surface area contributed by atoms with Crippen molar-refractivity contribution in [3.8, 4) is 11.3 Å². The molecule has 4 aromatic heterocycles. The first kappa shape index (κ1) is 18.0. The molecule has 0 aromatic carbocycles. The predicted molar refractivity (Wildman–Crippen MR) is 114 cm³/mol. The summed E-state index contributed by atoms with van der Waals surface area (Å²) in [5.74, 6) is 0.335. The number of rotatable bonds is 2. The number of hydrogen-bond acceptors (Lipinski definition) is 5. The molecule has 0 aliphatic carbocycles. The number of likely N-dealkylation sites (tertiary alicyclic amines) is 1. The summed E-state index contributed by atoms with van der Waals surface area (Å²) in [6.45, 7) is 1.85. The van der Waals surface area contributed by atoms with Gasteiger partial charge in [-0.15, -0.1) is 10.2 Å². The van der Waals surface area contributed by atoms with Crippen LogP contribution in [0.2, 0.25) is 0 Å². The first-order valence-corrected chi connectivity index (χ1v) is 10.4.